The number of nitriles is 1. The van der Waals surface area contributed by atoms with Crippen LogP contribution in [0.2, 0.25) is 0 Å². The molecule has 0 aliphatic carbocycles. The van der Waals surface area contributed by atoms with E-state index in [0.717, 1.165) is 25.9 Å². The van der Waals surface area contributed by atoms with Crippen LogP contribution in [0.4, 0.5) is 0 Å². The average molecular weight is 374 g/mol. The number of carbonyl (C=O) groups excluding carboxylic acids is 1. The van der Waals surface area contributed by atoms with Crippen LogP contribution in [0.15, 0.2) is 72.4 Å². The smallest absolute Gasteiger partial charge is 0.350 e. The van der Waals surface area contributed by atoms with Crippen LogP contribution in [0.3, 0.4) is 0 Å². The summed E-state index contributed by atoms with van der Waals surface area (Å²) >= 11 is 0. The number of carbonyl (C=O) groups is 1. The maximum absolute atomic E-state index is 11.9. The normalized spacial score (nSPS) is 15.3. The third kappa shape index (κ3) is 4.80. The van der Waals surface area contributed by atoms with Crippen LogP contribution >= 0.6 is 0 Å². The summed E-state index contributed by atoms with van der Waals surface area (Å²) in [5, 5.41) is 9.25. The van der Waals surface area contributed by atoms with E-state index in [-0.39, 0.29) is 12.2 Å². The Morgan fingerprint density at radius 1 is 1.11 bits per heavy atom. The number of hydrogen-bond donors (Lipinski definition) is 0. The Balaban J connectivity index is 1.74. The SMILES string of the molecule is CCOC(=O)/C(C#N)=C/N1CCC(C(c2ccccc2)c2ccccc2)CC1. The summed E-state index contributed by atoms with van der Waals surface area (Å²) in [4.78, 5) is 13.9. The molecule has 1 aliphatic heterocycles. The Labute approximate surface area is 167 Å². The van der Waals surface area contributed by atoms with E-state index in [4.69, 9.17) is 4.74 Å². The molecule has 1 fully saturated rings. The van der Waals surface area contributed by atoms with Gasteiger partial charge < -0.3 is 9.64 Å². The molecule has 144 valence electrons. The van der Waals surface area contributed by atoms with Gasteiger partial charge in [-0.25, -0.2) is 4.79 Å². The molecule has 0 unspecified atom stereocenters. The molecule has 0 amide bonds. The van der Waals surface area contributed by atoms with Crippen molar-refractivity contribution in [2.75, 3.05) is 19.7 Å². The number of esters is 1. The Hall–Kier alpha value is -3.06. The quantitative estimate of drug-likeness (QED) is 0.424. The summed E-state index contributed by atoms with van der Waals surface area (Å²) in [7, 11) is 0. The van der Waals surface area contributed by atoms with E-state index >= 15 is 0 Å². The number of ether oxygens (including phenoxy) is 1. The molecule has 4 heteroatoms. The first-order valence-corrected chi connectivity index (χ1v) is 9.86. The molecule has 0 radical (unpaired) electrons. The standard InChI is InChI=1S/C24H26N2O2/c1-2-28-24(27)22(17-25)18-26-15-13-21(14-16-26)23(19-9-5-3-6-10-19)20-11-7-4-8-12-20/h3-12,18,21,23H,2,13-16H2,1H3/b22-18+. The molecular weight excluding hydrogens is 348 g/mol. The summed E-state index contributed by atoms with van der Waals surface area (Å²) in [6, 6.07) is 23.3. The lowest BCUT2D eigenvalue weighted by Gasteiger charge is -2.36. The van der Waals surface area contributed by atoms with Crippen LogP contribution in [0.5, 0.6) is 0 Å². The van der Waals surface area contributed by atoms with Gasteiger partial charge in [-0.05, 0) is 36.8 Å². The first-order chi connectivity index (χ1) is 13.7. The monoisotopic (exact) mass is 374 g/mol. The molecule has 0 bridgehead atoms. The van der Waals surface area contributed by atoms with Crippen molar-refractivity contribution < 1.29 is 9.53 Å². The van der Waals surface area contributed by atoms with Gasteiger partial charge in [-0.1, -0.05) is 60.7 Å². The second-order valence-corrected chi connectivity index (χ2v) is 7.05. The molecule has 1 aliphatic rings. The fraction of sp³-hybridized carbons (Fsp3) is 0.333. The van der Waals surface area contributed by atoms with Gasteiger partial charge >= 0.3 is 5.97 Å². The number of hydrogen-bond acceptors (Lipinski definition) is 4. The fourth-order valence-corrected chi connectivity index (χ4v) is 3.96. The van der Waals surface area contributed by atoms with E-state index in [9.17, 15) is 10.1 Å². The Kier molecular flexibility index (Phi) is 6.86. The van der Waals surface area contributed by atoms with Crippen molar-refractivity contribution in [1.82, 2.24) is 4.90 Å². The summed E-state index contributed by atoms with van der Waals surface area (Å²) in [5.74, 6) is 0.329. The van der Waals surface area contributed by atoms with E-state index in [1.165, 1.54) is 11.1 Å². The van der Waals surface area contributed by atoms with E-state index < -0.39 is 5.97 Å². The predicted octanol–water partition coefficient (Wildman–Crippen LogP) is 4.50. The minimum atomic E-state index is -0.543. The van der Waals surface area contributed by atoms with Gasteiger partial charge in [0.2, 0.25) is 0 Å². The molecule has 1 saturated heterocycles. The van der Waals surface area contributed by atoms with Gasteiger partial charge in [-0.3, -0.25) is 0 Å². The minimum absolute atomic E-state index is 0.0722. The number of benzene rings is 2. The highest BCUT2D eigenvalue weighted by molar-refractivity contribution is 5.92. The Morgan fingerprint density at radius 3 is 2.11 bits per heavy atom. The maximum atomic E-state index is 11.9. The van der Waals surface area contributed by atoms with E-state index in [1.54, 1.807) is 13.1 Å². The molecule has 0 aromatic heterocycles. The topological polar surface area (TPSA) is 53.3 Å². The van der Waals surface area contributed by atoms with Crippen molar-refractivity contribution in [2.45, 2.75) is 25.7 Å². The third-order valence-corrected chi connectivity index (χ3v) is 5.29. The lowest BCUT2D eigenvalue weighted by atomic mass is 9.76. The summed E-state index contributed by atoms with van der Waals surface area (Å²) in [6.07, 6.45) is 3.67. The fourth-order valence-electron chi connectivity index (χ4n) is 3.96. The molecule has 4 nitrogen and oxygen atoms in total. The van der Waals surface area contributed by atoms with Gasteiger partial charge in [0, 0.05) is 25.2 Å². The van der Waals surface area contributed by atoms with Crippen LogP contribution in [0, 0.1) is 17.2 Å². The summed E-state index contributed by atoms with van der Waals surface area (Å²) in [5.41, 5.74) is 2.75. The zero-order valence-electron chi connectivity index (χ0n) is 16.3. The van der Waals surface area contributed by atoms with Crippen LogP contribution in [0.25, 0.3) is 0 Å². The first-order valence-electron chi connectivity index (χ1n) is 9.86. The molecule has 28 heavy (non-hydrogen) atoms. The van der Waals surface area contributed by atoms with Gasteiger partial charge in [-0.15, -0.1) is 0 Å². The molecule has 2 aromatic carbocycles. The van der Waals surface area contributed by atoms with Crippen molar-refractivity contribution in [2.24, 2.45) is 5.92 Å². The molecule has 1 heterocycles. The molecule has 0 spiro atoms. The number of likely N-dealkylation sites (tertiary alicyclic amines) is 1. The number of nitrogens with zero attached hydrogens (tertiary/aromatic N) is 2. The van der Waals surface area contributed by atoms with Gasteiger partial charge in [-0.2, -0.15) is 5.26 Å². The molecule has 0 N–H and O–H groups in total. The van der Waals surface area contributed by atoms with E-state index in [1.807, 2.05) is 6.07 Å². The summed E-state index contributed by atoms with van der Waals surface area (Å²) < 4.78 is 4.96. The van der Waals surface area contributed by atoms with Crippen molar-refractivity contribution in [3.63, 3.8) is 0 Å². The third-order valence-electron chi connectivity index (χ3n) is 5.29. The highest BCUT2D eigenvalue weighted by atomic mass is 16.5. The van der Waals surface area contributed by atoms with Crippen LogP contribution in [-0.4, -0.2) is 30.6 Å². The van der Waals surface area contributed by atoms with Crippen LogP contribution in [0.1, 0.15) is 36.8 Å². The number of rotatable bonds is 6. The van der Waals surface area contributed by atoms with Crippen molar-refractivity contribution in [1.29, 1.82) is 5.26 Å². The lowest BCUT2D eigenvalue weighted by molar-refractivity contribution is -0.138. The maximum Gasteiger partial charge on any atom is 0.350 e. The molecule has 0 saturated carbocycles. The largest absolute Gasteiger partial charge is 0.462 e. The zero-order valence-corrected chi connectivity index (χ0v) is 16.3. The first kappa shape index (κ1) is 19.7. The molecular formula is C24H26N2O2. The lowest BCUT2D eigenvalue weighted by Crippen LogP contribution is -2.33. The predicted molar refractivity (Wildman–Crippen MR) is 109 cm³/mol. The van der Waals surface area contributed by atoms with Crippen molar-refractivity contribution in [3.05, 3.63) is 83.6 Å². The van der Waals surface area contributed by atoms with E-state index in [2.05, 4.69) is 65.6 Å². The zero-order chi connectivity index (χ0) is 19.8. The van der Waals surface area contributed by atoms with Crippen molar-refractivity contribution in [3.8, 4) is 6.07 Å². The van der Waals surface area contributed by atoms with Gasteiger partial charge in [0.1, 0.15) is 6.07 Å². The van der Waals surface area contributed by atoms with Gasteiger partial charge in [0.25, 0.3) is 0 Å². The Morgan fingerprint density at radius 2 is 1.64 bits per heavy atom. The second-order valence-electron chi connectivity index (χ2n) is 7.05. The van der Waals surface area contributed by atoms with Gasteiger partial charge in [0.15, 0.2) is 5.57 Å². The van der Waals surface area contributed by atoms with Crippen molar-refractivity contribution >= 4 is 5.97 Å². The highest BCUT2D eigenvalue weighted by Crippen LogP contribution is 2.38. The second kappa shape index (κ2) is 9.75. The van der Waals surface area contributed by atoms with Crippen LogP contribution < -0.4 is 0 Å². The van der Waals surface area contributed by atoms with Gasteiger partial charge in [0.05, 0.1) is 6.61 Å². The Bertz CT molecular complexity index is 792. The average Bonchev–Trinajstić information content (AvgIpc) is 2.75. The van der Waals surface area contributed by atoms with Crippen LogP contribution in [-0.2, 0) is 9.53 Å². The molecule has 3 rings (SSSR count). The highest BCUT2D eigenvalue weighted by Gasteiger charge is 2.28. The molecule has 2 aromatic rings. The minimum Gasteiger partial charge on any atom is -0.462 e. The molecule has 0 atom stereocenters. The summed E-state index contributed by atoms with van der Waals surface area (Å²) in [6.45, 7) is 3.66. The van der Waals surface area contributed by atoms with E-state index in [0.29, 0.717) is 11.8 Å². The number of piperidine rings is 1.